The van der Waals surface area contributed by atoms with Crippen LogP contribution < -0.4 is 5.73 Å². The average molecular weight is 217 g/mol. The Hall–Kier alpha value is -0.810. The Morgan fingerprint density at radius 2 is 2.07 bits per heavy atom. The molecule has 15 heavy (non-hydrogen) atoms. The van der Waals surface area contributed by atoms with Crippen LogP contribution in [0.1, 0.15) is 13.3 Å². The van der Waals surface area contributed by atoms with Gasteiger partial charge >= 0.3 is 6.03 Å². The highest BCUT2D eigenvalue weighted by molar-refractivity contribution is 5.74. The number of methoxy groups -OCH3 is 1. The molecule has 0 aromatic rings. The minimum Gasteiger partial charge on any atom is -0.383 e. The molecule has 0 aromatic heterocycles. The van der Waals surface area contributed by atoms with E-state index >= 15 is 0 Å². The fraction of sp³-hybridized carbons (Fsp3) is 0.900. The van der Waals surface area contributed by atoms with E-state index in [-0.39, 0.29) is 6.03 Å². The SMILES string of the molecule is CCN(C)C(=O)N(CCCN)CCOC. The molecule has 0 aromatic carbocycles. The Morgan fingerprint density at radius 3 is 2.53 bits per heavy atom. The third-order valence-corrected chi connectivity index (χ3v) is 2.27. The summed E-state index contributed by atoms with van der Waals surface area (Å²) >= 11 is 0. The summed E-state index contributed by atoms with van der Waals surface area (Å²) in [5.74, 6) is 0. The van der Waals surface area contributed by atoms with Gasteiger partial charge in [0.15, 0.2) is 0 Å². The number of hydrogen-bond acceptors (Lipinski definition) is 3. The summed E-state index contributed by atoms with van der Waals surface area (Å²) < 4.78 is 4.97. The number of nitrogens with two attached hydrogens (primary N) is 1. The maximum Gasteiger partial charge on any atom is 0.319 e. The summed E-state index contributed by atoms with van der Waals surface area (Å²) in [4.78, 5) is 15.3. The molecule has 90 valence electrons. The van der Waals surface area contributed by atoms with E-state index in [1.165, 1.54) is 0 Å². The zero-order valence-electron chi connectivity index (χ0n) is 10.0. The van der Waals surface area contributed by atoms with Crippen LogP contribution in [0, 0.1) is 0 Å². The molecule has 0 radical (unpaired) electrons. The van der Waals surface area contributed by atoms with Crippen molar-refractivity contribution < 1.29 is 9.53 Å². The molecule has 5 heteroatoms. The maximum atomic E-state index is 11.8. The van der Waals surface area contributed by atoms with E-state index in [2.05, 4.69) is 0 Å². The van der Waals surface area contributed by atoms with Gasteiger partial charge in [0.05, 0.1) is 6.61 Å². The predicted molar refractivity (Wildman–Crippen MR) is 60.8 cm³/mol. The van der Waals surface area contributed by atoms with Crippen molar-refractivity contribution in [3.8, 4) is 0 Å². The standard InChI is InChI=1S/C10H23N3O2/c1-4-12(2)10(14)13(7-5-6-11)8-9-15-3/h4-9,11H2,1-3H3. The van der Waals surface area contributed by atoms with Crippen molar-refractivity contribution in [3.05, 3.63) is 0 Å². The van der Waals surface area contributed by atoms with Gasteiger partial charge in [-0.1, -0.05) is 0 Å². The van der Waals surface area contributed by atoms with Crippen molar-refractivity contribution in [3.63, 3.8) is 0 Å². The van der Waals surface area contributed by atoms with Gasteiger partial charge in [0.25, 0.3) is 0 Å². The normalized spacial score (nSPS) is 10.1. The van der Waals surface area contributed by atoms with E-state index in [4.69, 9.17) is 10.5 Å². The molecule has 0 saturated carbocycles. The van der Waals surface area contributed by atoms with E-state index < -0.39 is 0 Å². The summed E-state index contributed by atoms with van der Waals surface area (Å²) in [5, 5.41) is 0. The van der Waals surface area contributed by atoms with E-state index in [1.807, 2.05) is 6.92 Å². The summed E-state index contributed by atoms with van der Waals surface area (Å²) in [6, 6.07) is 0.0444. The fourth-order valence-corrected chi connectivity index (χ4v) is 1.16. The van der Waals surface area contributed by atoms with Crippen molar-refractivity contribution in [2.75, 3.05) is 46.9 Å². The van der Waals surface area contributed by atoms with Crippen molar-refractivity contribution in [1.82, 2.24) is 9.80 Å². The molecule has 0 aliphatic rings. The van der Waals surface area contributed by atoms with Crippen molar-refractivity contribution >= 4 is 6.03 Å². The molecule has 5 nitrogen and oxygen atoms in total. The number of carbonyl (C=O) groups is 1. The predicted octanol–water partition coefficient (Wildman–Crippen LogP) is 0.355. The first-order valence-electron chi connectivity index (χ1n) is 5.36. The highest BCUT2D eigenvalue weighted by Gasteiger charge is 2.15. The zero-order valence-corrected chi connectivity index (χ0v) is 10.0. The van der Waals surface area contributed by atoms with Gasteiger partial charge in [0.2, 0.25) is 0 Å². The number of urea groups is 1. The fourth-order valence-electron chi connectivity index (χ4n) is 1.16. The Kier molecular flexibility index (Phi) is 8.04. The van der Waals surface area contributed by atoms with Crippen LogP contribution in [0.15, 0.2) is 0 Å². The van der Waals surface area contributed by atoms with E-state index in [9.17, 15) is 4.79 Å². The third-order valence-electron chi connectivity index (χ3n) is 2.27. The van der Waals surface area contributed by atoms with Crippen molar-refractivity contribution in [2.24, 2.45) is 5.73 Å². The van der Waals surface area contributed by atoms with Crippen LogP contribution in [-0.2, 0) is 4.74 Å². The minimum absolute atomic E-state index is 0.0444. The number of hydrogen-bond donors (Lipinski definition) is 1. The first-order valence-corrected chi connectivity index (χ1v) is 5.36. The lowest BCUT2D eigenvalue weighted by Gasteiger charge is -2.27. The lowest BCUT2D eigenvalue weighted by atomic mass is 10.4. The van der Waals surface area contributed by atoms with E-state index in [0.717, 1.165) is 6.42 Å². The lowest BCUT2D eigenvalue weighted by Crippen LogP contribution is -2.43. The molecule has 0 bridgehead atoms. The monoisotopic (exact) mass is 217 g/mol. The molecule has 0 unspecified atom stereocenters. The molecule has 0 aliphatic heterocycles. The first-order chi connectivity index (χ1) is 7.17. The summed E-state index contributed by atoms with van der Waals surface area (Å²) in [7, 11) is 3.43. The first kappa shape index (κ1) is 14.2. The van der Waals surface area contributed by atoms with Gasteiger partial charge < -0.3 is 20.3 Å². The molecule has 0 rings (SSSR count). The summed E-state index contributed by atoms with van der Waals surface area (Å²) in [5.41, 5.74) is 5.43. The van der Waals surface area contributed by atoms with Crippen LogP contribution >= 0.6 is 0 Å². The van der Waals surface area contributed by atoms with Crippen molar-refractivity contribution in [1.29, 1.82) is 0 Å². The molecule has 2 N–H and O–H groups in total. The Bertz CT molecular complexity index is 168. The highest BCUT2D eigenvalue weighted by atomic mass is 16.5. The number of amides is 2. The Balaban J connectivity index is 4.13. The van der Waals surface area contributed by atoms with Gasteiger partial charge in [-0.2, -0.15) is 0 Å². The zero-order chi connectivity index (χ0) is 11.7. The number of rotatable bonds is 7. The minimum atomic E-state index is 0.0444. The van der Waals surface area contributed by atoms with Gasteiger partial charge in [-0.15, -0.1) is 0 Å². The lowest BCUT2D eigenvalue weighted by molar-refractivity contribution is 0.131. The van der Waals surface area contributed by atoms with Gasteiger partial charge in [0, 0.05) is 33.8 Å². The van der Waals surface area contributed by atoms with Gasteiger partial charge in [-0.05, 0) is 19.9 Å². The molecule has 0 atom stereocenters. The molecule has 0 fully saturated rings. The van der Waals surface area contributed by atoms with E-state index in [0.29, 0.717) is 32.8 Å². The highest BCUT2D eigenvalue weighted by Crippen LogP contribution is 1.98. The van der Waals surface area contributed by atoms with Crippen LogP contribution in [0.25, 0.3) is 0 Å². The second-order valence-corrected chi connectivity index (χ2v) is 3.42. The Labute approximate surface area is 92.2 Å². The smallest absolute Gasteiger partial charge is 0.319 e. The largest absolute Gasteiger partial charge is 0.383 e. The van der Waals surface area contributed by atoms with Gasteiger partial charge in [0.1, 0.15) is 0 Å². The summed E-state index contributed by atoms with van der Waals surface area (Å²) in [6.07, 6.45) is 0.826. The molecule has 0 spiro atoms. The molecule has 0 aliphatic carbocycles. The van der Waals surface area contributed by atoms with Crippen molar-refractivity contribution in [2.45, 2.75) is 13.3 Å². The maximum absolute atomic E-state index is 11.8. The molecule has 0 saturated heterocycles. The van der Waals surface area contributed by atoms with E-state index in [1.54, 1.807) is 24.0 Å². The average Bonchev–Trinajstić information content (AvgIpc) is 2.27. The second kappa shape index (κ2) is 8.49. The Morgan fingerprint density at radius 1 is 1.40 bits per heavy atom. The molecular weight excluding hydrogens is 194 g/mol. The van der Waals surface area contributed by atoms with Crippen LogP contribution in [0.5, 0.6) is 0 Å². The van der Waals surface area contributed by atoms with Crippen LogP contribution in [-0.4, -0.2) is 62.8 Å². The second-order valence-electron chi connectivity index (χ2n) is 3.42. The quantitative estimate of drug-likeness (QED) is 0.669. The number of carbonyl (C=O) groups excluding carboxylic acids is 1. The topological polar surface area (TPSA) is 58.8 Å². The molecule has 2 amide bonds. The van der Waals surface area contributed by atoms with Gasteiger partial charge in [-0.3, -0.25) is 0 Å². The molecular formula is C10H23N3O2. The summed E-state index contributed by atoms with van der Waals surface area (Å²) in [6.45, 7) is 5.16. The number of ether oxygens (including phenoxy) is 1. The van der Waals surface area contributed by atoms with Crippen LogP contribution in [0.3, 0.4) is 0 Å². The van der Waals surface area contributed by atoms with Crippen LogP contribution in [0.4, 0.5) is 4.79 Å². The van der Waals surface area contributed by atoms with Gasteiger partial charge in [-0.25, -0.2) is 4.79 Å². The van der Waals surface area contributed by atoms with Crippen LogP contribution in [0.2, 0.25) is 0 Å². The molecule has 0 heterocycles. The third kappa shape index (κ3) is 5.59. The number of nitrogens with zero attached hydrogens (tertiary/aromatic N) is 2.